The van der Waals surface area contributed by atoms with Crippen LogP contribution in [0.25, 0.3) is 11.4 Å². The quantitative estimate of drug-likeness (QED) is 0.448. The first-order valence-electron chi connectivity index (χ1n) is 8.41. The molecular formula is C20H19ClN2O3. The number of aromatic nitrogens is 2. The Morgan fingerprint density at radius 1 is 1.15 bits per heavy atom. The lowest BCUT2D eigenvalue weighted by atomic mass is 10.0. The number of hydrogen-bond donors (Lipinski definition) is 0. The third-order valence-corrected chi connectivity index (χ3v) is 4.22. The number of benzene rings is 2. The summed E-state index contributed by atoms with van der Waals surface area (Å²) in [4.78, 5) is 16.3. The minimum absolute atomic E-state index is 0.124. The zero-order valence-corrected chi connectivity index (χ0v) is 15.4. The van der Waals surface area contributed by atoms with Crippen molar-refractivity contribution in [3.8, 4) is 17.1 Å². The number of nitrogens with zero attached hydrogens (tertiary/aromatic N) is 2. The smallest absolute Gasteiger partial charge is 0.311 e. The van der Waals surface area contributed by atoms with Crippen LogP contribution in [0, 0.1) is 0 Å². The van der Waals surface area contributed by atoms with Gasteiger partial charge in [-0.2, -0.15) is 4.98 Å². The number of hydrogen-bond acceptors (Lipinski definition) is 5. The summed E-state index contributed by atoms with van der Waals surface area (Å²) in [5.41, 5.74) is 2.13. The van der Waals surface area contributed by atoms with Crippen LogP contribution in [0.1, 0.15) is 37.6 Å². The summed E-state index contributed by atoms with van der Waals surface area (Å²) >= 11 is 5.97. The largest absolute Gasteiger partial charge is 0.425 e. The molecule has 0 atom stereocenters. The highest BCUT2D eigenvalue weighted by atomic mass is 35.5. The molecule has 0 spiro atoms. The normalized spacial score (nSPS) is 10.9. The summed E-state index contributed by atoms with van der Waals surface area (Å²) in [5, 5.41) is 4.37. The second-order valence-electron chi connectivity index (χ2n) is 6.19. The standard InChI is InChI=1S/C20H19ClN2O3/c1-13(2)14-7-9-15(10-8-14)20-22-18(26-23-20)11-12-19(24)25-17-6-4-3-5-16(17)21/h3-10,13H,11-12H2,1-2H3. The van der Waals surface area contributed by atoms with E-state index in [9.17, 15) is 4.79 Å². The van der Waals surface area contributed by atoms with Crippen molar-refractivity contribution in [3.63, 3.8) is 0 Å². The Morgan fingerprint density at radius 2 is 1.88 bits per heavy atom. The number of carbonyl (C=O) groups is 1. The van der Waals surface area contributed by atoms with Gasteiger partial charge in [0, 0.05) is 12.0 Å². The highest BCUT2D eigenvalue weighted by molar-refractivity contribution is 6.32. The van der Waals surface area contributed by atoms with Crippen molar-refractivity contribution in [1.82, 2.24) is 10.1 Å². The molecule has 0 fully saturated rings. The number of carbonyl (C=O) groups excluding carboxylic acids is 1. The van der Waals surface area contributed by atoms with E-state index >= 15 is 0 Å². The lowest BCUT2D eigenvalue weighted by Gasteiger charge is -2.04. The fourth-order valence-corrected chi connectivity index (χ4v) is 2.58. The van der Waals surface area contributed by atoms with Crippen molar-refractivity contribution in [2.24, 2.45) is 0 Å². The third kappa shape index (κ3) is 4.49. The number of para-hydroxylation sites is 1. The van der Waals surface area contributed by atoms with E-state index in [4.69, 9.17) is 20.9 Å². The molecule has 0 aliphatic rings. The van der Waals surface area contributed by atoms with Crippen LogP contribution in [0.4, 0.5) is 0 Å². The topological polar surface area (TPSA) is 65.2 Å². The maximum absolute atomic E-state index is 11.9. The second kappa shape index (κ2) is 8.15. The average Bonchev–Trinajstić information content (AvgIpc) is 3.11. The van der Waals surface area contributed by atoms with E-state index in [-0.39, 0.29) is 6.42 Å². The molecule has 0 amide bonds. The molecule has 2 aromatic carbocycles. The number of halogens is 1. The Bertz CT molecular complexity index is 888. The molecule has 6 heteroatoms. The van der Waals surface area contributed by atoms with E-state index in [1.807, 2.05) is 12.1 Å². The zero-order valence-electron chi connectivity index (χ0n) is 14.6. The summed E-state index contributed by atoms with van der Waals surface area (Å²) in [5.74, 6) is 1.31. The summed E-state index contributed by atoms with van der Waals surface area (Å²) in [6.07, 6.45) is 0.430. The van der Waals surface area contributed by atoms with Crippen LogP contribution in [-0.2, 0) is 11.2 Å². The summed E-state index contributed by atoms with van der Waals surface area (Å²) in [7, 11) is 0. The van der Waals surface area contributed by atoms with Crippen molar-refractivity contribution in [2.45, 2.75) is 32.6 Å². The first-order chi connectivity index (χ1) is 12.5. The molecule has 26 heavy (non-hydrogen) atoms. The van der Waals surface area contributed by atoms with Gasteiger partial charge in [0.15, 0.2) is 0 Å². The lowest BCUT2D eigenvalue weighted by Crippen LogP contribution is -2.09. The van der Waals surface area contributed by atoms with Crippen molar-refractivity contribution < 1.29 is 14.1 Å². The molecule has 0 radical (unpaired) electrons. The first-order valence-corrected chi connectivity index (χ1v) is 8.79. The van der Waals surface area contributed by atoms with Crippen LogP contribution in [0.3, 0.4) is 0 Å². The second-order valence-corrected chi connectivity index (χ2v) is 6.60. The molecule has 0 N–H and O–H groups in total. The van der Waals surface area contributed by atoms with Crippen molar-refractivity contribution in [2.75, 3.05) is 0 Å². The molecule has 0 aliphatic heterocycles. The fraction of sp³-hybridized carbons (Fsp3) is 0.250. The van der Waals surface area contributed by atoms with Gasteiger partial charge in [-0.3, -0.25) is 4.79 Å². The Labute approximate surface area is 156 Å². The maximum atomic E-state index is 11.9. The van der Waals surface area contributed by atoms with Crippen molar-refractivity contribution >= 4 is 17.6 Å². The highest BCUT2D eigenvalue weighted by Crippen LogP contribution is 2.24. The predicted molar refractivity (Wildman–Crippen MR) is 99.2 cm³/mol. The molecule has 3 rings (SSSR count). The van der Waals surface area contributed by atoms with Crippen LogP contribution >= 0.6 is 11.6 Å². The van der Waals surface area contributed by atoms with E-state index in [1.165, 1.54) is 5.56 Å². The van der Waals surface area contributed by atoms with E-state index < -0.39 is 5.97 Å². The molecule has 134 valence electrons. The summed E-state index contributed by atoms with van der Waals surface area (Å²) in [6.45, 7) is 4.28. The molecule has 0 aliphatic carbocycles. The first kappa shape index (κ1) is 18.1. The van der Waals surface area contributed by atoms with Crippen LogP contribution in [0.2, 0.25) is 5.02 Å². The third-order valence-electron chi connectivity index (χ3n) is 3.91. The van der Waals surface area contributed by atoms with Crippen molar-refractivity contribution in [1.29, 1.82) is 0 Å². The molecule has 0 bridgehead atoms. The number of rotatable bonds is 6. The van der Waals surface area contributed by atoms with Gasteiger partial charge in [0.2, 0.25) is 11.7 Å². The Kier molecular flexibility index (Phi) is 5.68. The molecule has 3 aromatic rings. The summed E-state index contributed by atoms with van der Waals surface area (Å²) in [6, 6.07) is 14.9. The van der Waals surface area contributed by atoms with E-state index in [2.05, 4.69) is 36.1 Å². The molecule has 0 saturated carbocycles. The maximum Gasteiger partial charge on any atom is 0.311 e. The zero-order chi connectivity index (χ0) is 18.5. The monoisotopic (exact) mass is 370 g/mol. The molecule has 1 aromatic heterocycles. The van der Waals surface area contributed by atoms with E-state index in [1.54, 1.807) is 24.3 Å². The highest BCUT2D eigenvalue weighted by Gasteiger charge is 2.13. The molecule has 0 unspecified atom stereocenters. The molecule has 1 heterocycles. The van der Waals surface area contributed by atoms with E-state index in [0.29, 0.717) is 34.8 Å². The average molecular weight is 371 g/mol. The van der Waals surface area contributed by atoms with Gasteiger partial charge in [0.25, 0.3) is 0 Å². The van der Waals surface area contributed by atoms with Gasteiger partial charge in [-0.1, -0.05) is 67.0 Å². The number of aryl methyl sites for hydroxylation is 1. The number of ether oxygens (including phenoxy) is 1. The van der Waals surface area contributed by atoms with Crippen molar-refractivity contribution in [3.05, 3.63) is 65.0 Å². The summed E-state index contributed by atoms with van der Waals surface area (Å²) < 4.78 is 10.5. The molecule has 5 nitrogen and oxygen atoms in total. The SMILES string of the molecule is CC(C)c1ccc(-c2noc(CCC(=O)Oc3ccccc3Cl)n2)cc1. The van der Waals surface area contributed by atoms with Crippen LogP contribution < -0.4 is 4.74 Å². The Balaban J connectivity index is 1.58. The van der Waals surface area contributed by atoms with Gasteiger partial charge < -0.3 is 9.26 Å². The predicted octanol–water partition coefficient (Wildman–Crippen LogP) is 5.05. The fourth-order valence-electron chi connectivity index (χ4n) is 2.40. The number of esters is 1. The van der Waals surface area contributed by atoms with E-state index in [0.717, 1.165) is 5.56 Å². The van der Waals surface area contributed by atoms with Gasteiger partial charge in [-0.05, 0) is 23.6 Å². The van der Waals surface area contributed by atoms with Crippen LogP contribution in [0.15, 0.2) is 53.1 Å². The minimum atomic E-state index is -0.404. The van der Waals surface area contributed by atoms with Gasteiger partial charge >= 0.3 is 5.97 Å². The Hall–Kier alpha value is -2.66. The van der Waals surface area contributed by atoms with Crippen LogP contribution in [-0.4, -0.2) is 16.1 Å². The van der Waals surface area contributed by atoms with Gasteiger partial charge in [-0.25, -0.2) is 0 Å². The minimum Gasteiger partial charge on any atom is -0.425 e. The Morgan fingerprint density at radius 3 is 2.58 bits per heavy atom. The molecule has 0 saturated heterocycles. The van der Waals surface area contributed by atoms with Gasteiger partial charge in [0.1, 0.15) is 5.75 Å². The van der Waals surface area contributed by atoms with Gasteiger partial charge in [-0.15, -0.1) is 0 Å². The lowest BCUT2D eigenvalue weighted by molar-refractivity contribution is -0.134. The van der Waals surface area contributed by atoms with Crippen LogP contribution in [0.5, 0.6) is 5.75 Å². The molecular weight excluding hydrogens is 352 g/mol. The van der Waals surface area contributed by atoms with Gasteiger partial charge in [0.05, 0.1) is 11.4 Å².